The van der Waals surface area contributed by atoms with Crippen molar-refractivity contribution in [3.8, 4) is 0 Å². The van der Waals surface area contributed by atoms with Crippen molar-refractivity contribution < 1.29 is 13.2 Å². The molecule has 0 spiro atoms. The van der Waals surface area contributed by atoms with Crippen molar-refractivity contribution in [2.45, 2.75) is 52.1 Å². The van der Waals surface area contributed by atoms with Gasteiger partial charge < -0.3 is 5.32 Å². The van der Waals surface area contributed by atoms with Gasteiger partial charge in [-0.3, -0.25) is 4.79 Å². The van der Waals surface area contributed by atoms with Crippen LogP contribution in [0, 0.1) is 0 Å². The van der Waals surface area contributed by atoms with Crippen LogP contribution in [0.25, 0.3) is 11.0 Å². The summed E-state index contributed by atoms with van der Waals surface area (Å²) in [6, 6.07) is 8.97. The zero-order valence-electron chi connectivity index (χ0n) is 17.6. The van der Waals surface area contributed by atoms with Gasteiger partial charge in [0.05, 0.1) is 17.5 Å². The lowest BCUT2D eigenvalue weighted by Crippen LogP contribution is -2.31. The molecule has 2 heterocycles. The van der Waals surface area contributed by atoms with Crippen molar-refractivity contribution >= 4 is 27.0 Å². The van der Waals surface area contributed by atoms with Gasteiger partial charge in [0.15, 0.2) is 5.65 Å². The summed E-state index contributed by atoms with van der Waals surface area (Å²) < 4.78 is 28.4. The molecule has 3 rings (SSSR count). The molecule has 0 aliphatic rings. The number of amides is 1. The van der Waals surface area contributed by atoms with E-state index in [4.69, 9.17) is 0 Å². The minimum atomic E-state index is -3.36. The van der Waals surface area contributed by atoms with Gasteiger partial charge >= 0.3 is 0 Å². The molecule has 2 N–H and O–H groups in total. The lowest BCUT2D eigenvalue weighted by molar-refractivity contribution is 0.0950. The van der Waals surface area contributed by atoms with Gasteiger partial charge in [-0.05, 0) is 44.9 Å². The number of pyridine rings is 1. The summed E-state index contributed by atoms with van der Waals surface area (Å²) in [6.07, 6.45) is 3.26. The Kier molecular flexibility index (Phi) is 6.52. The Hall–Kier alpha value is -2.78. The molecule has 30 heavy (non-hydrogen) atoms. The summed E-state index contributed by atoms with van der Waals surface area (Å²) in [6.45, 7) is 7.95. The van der Waals surface area contributed by atoms with E-state index >= 15 is 0 Å². The van der Waals surface area contributed by atoms with E-state index in [-0.39, 0.29) is 23.7 Å². The van der Waals surface area contributed by atoms with E-state index in [0.717, 1.165) is 16.6 Å². The maximum atomic E-state index is 12.5. The molecule has 0 radical (unpaired) electrons. The Labute approximate surface area is 176 Å². The van der Waals surface area contributed by atoms with Crippen molar-refractivity contribution in [1.82, 2.24) is 24.8 Å². The SMILES string of the molecule is CC(C)NS(=O)(=O)Cc1ccc(CNC(=O)c2cnc3c(cnn3C(C)C)c2)cc1. The molecule has 0 saturated carbocycles. The maximum absolute atomic E-state index is 12.5. The van der Waals surface area contributed by atoms with Crippen molar-refractivity contribution in [2.24, 2.45) is 0 Å². The minimum Gasteiger partial charge on any atom is -0.348 e. The van der Waals surface area contributed by atoms with Crippen molar-refractivity contribution in [2.75, 3.05) is 0 Å². The number of hydrogen-bond donors (Lipinski definition) is 2. The first kappa shape index (κ1) is 21.9. The molecule has 0 aliphatic carbocycles. The lowest BCUT2D eigenvalue weighted by Gasteiger charge is -2.10. The van der Waals surface area contributed by atoms with E-state index in [9.17, 15) is 13.2 Å². The fourth-order valence-corrected chi connectivity index (χ4v) is 4.53. The first-order valence-electron chi connectivity index (χ1n) is 9.84. The standard InChI is InChI=1S/C21H27N5O3S/c1-14(2)25-30(28,29)13-17-7-5-16(6-8-17)10-23-21(27)19-9-18-12-24-26(15(3)4)20(18)22-11-19/h5-9,11-12,14-15,25H,10,13H2,1-4H3,(H,23,27). The van der Waals surface area contributed by atoms with Gasteiger partial charge in [0, 0.05) is 30.2 Å². The number of nitrogens with zero attached hydrogens (tertiary/aromatic N) is 3. The molecule has 0 bridgehead atoms. The van der Waals surface area contributed by atoms with Crippen molar-refractivity contribution in [1.29, 1.82) is 0 Å². The Morgan fingerprint density at radius 3 is 2.37 bits per heavy atom. The van der Waals surface area contributed by atoms with Crippen LogP contribution in [0.2, 0.25) is 0 Å². The summed E-state index contributed by atoms with van der Waals surface area (Å²) >= 11 is 0. The van der Waals surface area contributed by atoms with E-state index in [1.807, 2.05) is 30.7 Å². The van der Waals surface area contributed by atoms with Crippen LogP contribution in [0.5, 0.6) is 0 Å². The maximum Gasteiger partial charge on any atom is 0.253 e. The van der Waals surface area contributed by atoms with Gasteiger partial charge in [0.1, 0.15) is 0 Å². The van der Waals surface area contributed by atoms with Crippen LogP contribution in [0.3, 0.4) is 0 Å². The molecular weight excluding hydrogens is 402 g/mol. The zero-order valence-corrected chi connectivity index (χ0v) is 18.4. The van der Waals surface area contributed by atoms with Gasteiger partial charge in [-0.25, -0.2) is 22.8 Å². The third-order valence-electron chi connectivity index (χ3n) is 4.43. The molecule has 8 nitrogen and oxygen atoms in total. The second-order valence-electron chi connectivity index (χ2n) is 7.85. The highest BCUT2D eigenvalue weighted by Crippen LogP contribution is 2.17. The number of nitrogens with one attached hydrogen (secondary N) is 2. The number of aromatic nitrogens is 3. The highest BCUT2D eigenvalue weighted by molar-refractivity contribution is 7.88. The van der Waals surface area contributed by atoms with Gasteiger partial charge in [-0.2, -0.15) is 5.10 Å². The van der Waals surface area contributed by atoms with Crippen molar-refractivity contribution in [3.05, 3.63) is 59.4 Å². The smallest absolute Gasteiger partial charge is 0.253 e. The summed E-state index contributed by atoms with van der Waals surface area (Å²) in [4.78, 5) is 16.9. The fourth-order valence-electron chi connectivity index (χ4n) is 3.10. The zero-order chi connectivity index (χ0) is 21.9. The second-order valence-corrected chi connectivity index (χ2v) is 9.60. The average Bonchev–Trinajstić information content (AvgIpc) is 3.09. The highest BCUT2D eigenvalue weighted by atomic mass is 32.2. The largest absolute Gasteiger partial charge is 0.348 e. The molecular formula is C21H27N5O3S. The normalized spacial score (nSPS) is 12.1. The summed E-state index contributed by atoms with van der Waals surface area (Å²) in [7, 11) is -3.36. The number of carbonyl (C=O) groups excluding carboxylic acids is 1. The van der Waals surface area contributed by atoms with Crippen molar-refractivity contribution in [3.63, 3.8) is 0 Å². The third-order valence-corrected chi connectivity index (χ3v) is 5.98. The Morgan fingerprint density at radius 1 is 1.07 bits per heavy atom. The number of hydrogen-bond acceptors (Lipinski definition) is 5. The van der Waals surface area contributed by atoms with E-state index in [1.54, 1.807) is 44.4 Å². The molecule has 0 fully saturated rings. The Bertz CT molecular complexity index is 1140. The molecule has 0 aliphatic heterocycles. The summed E-state index contributed by atoms with van der Waals surface area (Å²) in [5, 5.41) is 8.00. The van der Waals surface area contributed by atoms with Gasteiger partial charge in [0.25, 0.3) is 5.91 Å². The van der Waals surface area contributed by atoms with Crippen LogP contribution in [-0.2, 0) is 22.3 Å². The molecule has 0 saturated heterocycles. The second kappa shape index (κ2) is 8.93. The lowest BCUT2D eigenvalue weighted by atomic mass is 10.1. The van der Waals surface area contributed by atoms with Gasteiger partial charge in [0.2, 0.25) is 10.0 Å². The molecule has 9 heteroatoms. The molecule has 1 aromatic carbocycles. The average molecular weight is 430 g/mol. The molecule has 3 aromatic rings. The van der Waals surface area contributed by atoms with Crippen LogP contribution in [-0.4, -0.2) is 35.1 Å². The third kappa shape index (κ3) is 5.43. The Morgan fingerprint density at radius 2 is 1.73 bits per heavy atom. The number of sulfonamides is 1. The van der Waals surface area contributed by atoms with Crippen LogP contribution in [0.1, 0.15) is 55.2 Å². The number of benzene rings is 1. The monoisotopic (exact) mass is 429 g/mol. The molecule has 160 valence electrons. The predicted molar refractivity (Wildman–Crippen MR) is 116 cm³/mol. The van der Waals surface area contributed by atoms with Crippen LogP contribution in [0.4, 0.5) is 0 Å². The van der Waals surface area contributed by atoms with Gasteiger partial charge in [-0.1, -0.05) is 24.3 Å². The molecule has 0 atom stereocenters. The summed E-state index contributed by atoms with van der Waals surface area (Å²) in [5.41, 5.74) is 2.78. The van der Waals surface area contributed by atoms with Crippen LogP contribution >= 0.6 is 0 Å². The van der Waals surface area contributed by atoms with E-state index in [2.05, 4.69) is 20.1 Å². The van der Waals surface area contributed by atoms with E-state index < -0.39 is 10.0 Å². The van der Waals surface area contributed by atoms with Crippen LogP contribution < -0.4 is 10.0 Å². The van der Waals surface area contributed by atoms with E-state index in [1.165, 1.54) is 0 Å². The first-order valence-corrected chi connectivity index (χ1v) is 11.5. The first-order chi connectivity index (χ1) is 14.1. The predicted octanol–water partition coefficient (Wildman–Crippen LogP) is 2.77. The topological polar surface area (TPSA) is 106 Å². The number of carbonyl (C=O) groups is 1. The van der Waals surface area contributed by atoms with Crippen LogP contribution in [0.15, 0.2) is 42.7 Å². The number of rotatable bonds is 8. The molecule has 0 unspecified atom stereocenters. The number of fused-ring (bicyclic) bond motifs is 1. The molecule has 1 amide bonds. The fraction of sp³-hybridized carbons (Fsp3) is 0.381. The van der Waals surface area contributed by atoms with E-state index in [0.29, 0.717) is 17.7 Å². The Balaban J connectivity index is 1.61. The van der Waals surface area contributed by atoms with Gasteiger partial charge in [-0.15, -0.1) is 0 Å². The quantitative estimate of drug-likeness (QED) is 0.573. The summed E-state index contributed by atoms with van der Waals surface area (Å²) in [5.74, 6) is -0.303. The minimum absolute atomic E-state index is 0.0758. The highest BCUT2D eigenvalue weighted by Gasteiger charge is 2.14. The molecule has 2 aromatic heterocycles.